The van der Waals surface area contributed by atoms with Gasteiger partial charge in [0.2, 0.25) is 0 Å². The molecule has 0 amide bonds. The van der Waals surface area contributed by atoms with E-state index in [1.54, 1.807) is 6.20 Å². The average Bonchev–Trinajstić information content (AvgIpc) is 3.00. The molecule has 1 N–H and O–H groups in total. The third-order valence-corrected chi connectivity index (χ3v) is 2.90. The van der Waals surface area contributed by atoms with Crippen LogP contribution in [0.15, 0.2) is 60.8 Å². The normalized spacial score (nSPS) is 10.9. The summed E-state index contributed by atoms with van der Waals surface area (Å²) in [5.41, 5.74) is 4.42. The van der Waals surface area contributed by atoms with E-state index in [1.807, 2.05) is 30.4 Å². The number of nitrogens with one attached hydrogen (secondary N) is 1. The second-order valence-corrected chi connectivity index (χ2v) is 4.22. The lowest BCUT2D eigenvalue weighted by molar-refractivity contribution is 0.937. The maximum atomic E-state index is 3.97. The Balaban J connectivity index is 1.80. The van der Waals surface area contributed by atoms with Crippen LogP contribution in [0, 0.1) is 0 Å². The van der Waals surface area contributed by atoms with E-state index in [0.29, 0.717) is 0 Å². The van der Waals surface area contributed by atoms with E-state index in [0.717, 1.165) is 11.3 Å². The van der Waals surface area contributed by atoms with E-state index >= 15 is 0 Å². The summed E-state index contributed by atoms with van der Waals surface area (Å²) in [6.45, 7) is 0. The molecule has 92 valence electrons. The SMILES string of the molecule is C(=C\c1cn[nH]n1)/c1ccc(-c2ccccc2)cc1. The van der Waals surface area contributed by atoms with Crippen molar-refractivity contribution in [2.75, 3.05) is 0 Å². The highest BCUT2D eigenvalue weighted by atomic mass is 15.3. The molecule has 3 aromatic rings. The van der Waals surface area contributed by atoms with Crippen molar-refractivity contribution in [1.82, 2.24) is 15.4 Å². The van der Waals surface area contributed by atoms with Gasteiger partial charge in [-0.25, -0.2) is 0 Å². The molecule has 2 aromatic carbocycles. The van der Waals surface area contributed by atoms with Gasteiger partial charge in [0.1, 0.15) is 5.69 Å². The van der Waals surface area contributed by atoms with Crippen LogP contribution >= 0.6 is 0 Å². The van der Waals surface area contributed by atoms with Gasteiger partial charge < -0.3 is 0 Å². The fourth-order valence-corrected chi connectivity index (χ4v) is 1.89. The molecule has 0 saturated carbocycles. The van der Waals surface area contributed by atoms with Crippen LogP contribution in [0.5, 0.6) is 0 Å². The summed E-state index contributed by atoms with van der Waals surface area (Å²) >= 11 is 0. The largest absolute Gasteiger partial charge is 0.197 e. The van der Waals surface area contributed by atoms with Crippen LogP contribution in [0.4, 0.5) is 0 Å². The van der Waals surface area contributed by atoms with Crippen molar-refractivity contribution < 1.29 is 0 Å². The van der Waals surface area contributed by atoms with Crippen LogP contribution in [-0.2, 0) is 0 Å². The Labute approximate surface area is 111 Å². The smallest absolute Gasteiger partial charge is 0.105 e. The number of hydrogen-bond acceptors (Lipinski definition) is 2. The zero-order chi connectivity index (χ0) is 12.9. The number of aromatic amines is 1. The predicted molar refractivity (Wildman–Crippen MR) is 77.2 cm³/mol. The zero-order valence-electron chi connectivity index (χ0n) is 10.3. The quantitative estimate of drug-likeness (QED) is 0.767. The minimum Gasteiger partial charge on any atom is -0.197 e. The molecule has 0 atom stereocenters. The summed E-state index contributed by atoms with van der Waals surface area (Å²) in [4.78, 5) is 0. The van der Waals surface area contributed by atoms with E-state index in [-0.39, 0.29) is 0 Å². The summed E-state index contributed by atoms with van der Waals surface area (Å²) in [7, 11) is 0. The second kappa shape index (κ2) is 5.31. The van der Waals surface area contributed by atoms with Gasteiger partial charge in [0.15, 0.2) is 0 Å². The Morgan fingerprint density at radius 2 is 1.53 bits per heavy atom. The summed E-state index contributed by atoms with van der Waals surface area (Å²) in [5.74, 6) is 0. The Morgan fingerprint density at radius 3 is 2.21 bits per heavy atom. The van der Waals surface area contributed by atoms with Crippen LogP contribution in [0.1, 0.15) is 11.3 Å². The number of hydrogen-bond donors (Lipinski definition) is 1. The number of rotatable bonds is 3. The Kier molecular flexibility index (Phi) is 3.19. The lowest BCUT2D eigenvalue weighted by Crippen LogP contribution is -1.78. The minimum atomic E-state index is 0.826. The van der Waals surface area contributed by atoms with Gasteiger partial charge in [-0.2, -0.15) is 15.4 Å². The fourth-order valence-electron chi connectivity index (χ4n) is 1.89. The van der Waals surface area contributed by atoms with Crippen LogP contribution in [0.2, 0.25) is 0 Å². The minimum absolute atomic E-state index is 0.826. The Bertz CT molecular complexity index is 653. The average molecular weight is 247 g/mol. The van der Waals surface area contributed by atoms with E-state index in [1.165, 1.54) is 11.1 Å². The van der Waals surface area contributed by atoms with Crippen molar-refractivity contribution >= 4 is 12.2 Å². The number of nitrogens with zero attached hydrogens (tertiary/aromatic N) is 2. The number of H-pyrrole nitrogens is 1. The van der Waals surface area contributed by atoms with Crippen molar-refractivity contribution in [1.29, 1.82) is 0 Å². The summed E-state index contributed by atoms with van der Waals surface area (Å²) < 4.78 is 0. The van der Waals surface area contributed by atoms with Crippen molar-refractivity contribution in [3.63, 3.8) is 0 Å². The molecule has 0 radical (unpaired) electrons. The molecule has 0 saturated heterocycles. The fraction of sp³-hybridized carbons (Fsp3) is 0. The van der Waals surface area contributed by atoms with Crippen LogP contribution in [-0.4, -0.2) is 15.4 Å². The number of aromatic nitrogens is 3. The highest BCUT2D eigenvalue weighted by Crippen LogP contribution is 2.19. The third-order valence-electron chi connectivity index (χ3n) is 2.90. The van der Waals surface area contributed by atoms with Crippen LogP contribution in [0.25, 0.3) is 23.3 Å². The van der Waals surface area contributed by atoms with E-state index in [9.17, 15) is 0 Å². The molecule has 1 aromatic heterocycles. The van der Waals surface area contributed by atoms with Crippen molar-refractivity contribution in [3.8, 4) is 11.1 Å². The lowest BCUT2D eigenvalue weighted by Gasteiger charge is -2.01. The molecule has 0 spiro atoms. The second-order valence-electron chi connectivity index (χ2n) is 4.22. The Morgan fingerprint density at radius 1 is 0.789 bits per heavy atom. The Hall–Kier alpha value is -2.68. The summed E-state index contributed by atoms with van der Waals surface area (Å²) in [6.07, 6.45) is 5.64. The van der Waals surface area contributed by atoms with Gasteiger partial charge in [-0.1, -0.05) is 60.7 Å². The van der Waals surface area contributed by atoms with Gasteiger partial charge in [0.25, 0.3) is 0 Å². The zero-order valence-corrected chi connectivity index (χ0v) is 10.3. The molecule has 0 aliphatic carbocycles. The van der Waals surface area contributed by atoms with Crippen molar-refractivity contribution in [2.45, 2.75) is 0 Å². The first-order valence-corrected chi connectivity index (χ1v) is 6.11. The van der Waals surface area contributed by atoms with Crippen LogP contribution < -0.4 is 0 Å². The molecule has 0 aliphatic rings. The molecule has 3 nitrogen and oxygen atoms in total. The maximum absolute atomic E-state index is 3.97. The maximum Gasteiger partial charge on any atom is 0.105 e. The lowest BCUT2D eigenvalue weighted by atomic mass is 10.0. The van der Waals surface area contributed by atoms with Gasteiger partial charge in [-0.05, 0) is 22.8 Å². The first-order valence-electron chi connectivity index (χ1n) is 6.11. The van der Waals surface area contributed by atoms with Crippen molar-refractivity contribution in [3.05, 3.63) is 72.1 Å². The topological polar surface area (TPSA) is 41.6 Å². The van der Waals surface area contributed by atoms with Gasteiger partial charge in [0, 0.05) is 0 Å². The van der Waals surface area contributed by atoms with Crippen LogP contribution in [0.3, 0.4) is 0 Å². The molecule has 0 unspecified atom stereocenters. The summed E-state index contributed by atoms with van der Waals surface area (Å²) in [5, 5.41) is 10.3. The number of benzene rings is 2. The molecule has 0 aliphatic heterocycles. The highest BCUT2D eigenvalue weighted by molar-refractivity contribution is 5.70. The predicted octanol–water partition coefficient (Wildman–Crippen LogP) is 3.64. The van der Waals surface area contributed by atoms with E-state index < -0.39 is 0 Å². The summed E-state index contributed by atoms with van der Waals surface area (Å²) in [6, 6.07) is 18.8. The molecule has 1 heterocycles. The molecule has 3 heteroatoms. The van der Waals surface area contributed by atoms with Gasteiger partial charge >= 0.3 is 0 Å². The first kappa shape index (κ1) is 11.4. The molecule has 3 rings (SSSR count). The molecule has 19 heavy (non-hydrogen) atoms. The third kappa shape index (κ3) is 2.77. The monoisotopic (exact) mass is 247 g/mol. The molecular formula is C16H13N3. The molecule has 0 bridgehead atoms. The van der Waals surface area contributed by atoms with E-state index in [2.05, 4.69) is 51.8 Å². The first-order chi connectivity index (χ1) is 9.42. The van der Waals surface area contributed by atoms with Gasteiger partial charge in [0.05, 0.1) is 6.20 Å². The van der Waals surface area contributed by atoms with Gasteiger partial charge in [-0.15, -0.1) is 0 Å². The standard InChI is InChI=1S/C16H13N3/c1-2-4-14(5-3-1)15-9-6-13(7-10-15)8-11-16-12-17-19-18-16/h1-12H,(H,17,18,19)/b11-8+. The molecule has 0 fully saturated rings. The van der Waals surface area contributed by atoms with E-state index in [4.69, 9.17) is 0 Å². The van der Waals surface area contributed by atoms with Gasteiger partial charge in [-0.3, -0.25) is 0 Å². The van der Waals surface area contributed by atoms with Crippen molar-refractivity contribution in [2.24, 2.45) is 0 Å². The highest BCUT2D eigenvalue weighted by Gasteiger charge is 1.96. The molecular weight excluding hydrogens is 234 g/mol.